The van der Waals surface area contributed by atoms with Crippen molar-refractivity contribution in [2.24, 2.45) is 5.73 Å². The van der Waals surface area contributed by atoms with Crippen molar-refractivity contribution in [2.45, 2.75) is 30.2 Å². The first-order valence-corrected chi connectivity index (χ1v) is 11.6. The summed E-state index contributed by atoms with van der Waals surface area (Å²) in [6.07, 6.45) is 0. The molecule has 2 heterocycles. The van der Waals surface area contributed by atoms with Crippen LogP contribution in [0.4, 0.5) is 5.69 Å². The minimum Gasteiger partial charge on any atom is -0.497 e. The van der Waals surface area contributed by atoms with Gasteiger partial charge < -0.3 is 25.4 Å². The van der Waals surface area contributed by atoms with Gasteiger partial charge in [-0.25, -0.2) is 0 Å². The van der Waals surface area contributed by atoms with Crippen molar-refractivity contribution in [1.82, 2.24) is 14.7 Å². The first-order chi connectivity index (χ1) is 15.1. The summed E-state index contributed by atoms with van der Waals surface area (Å²) < 4.78 is 13.4. The maximum absolute atomic E-state index is 5.84. The lowest BCUT2D eigenvalue weighted by Crippen LogP contribution is -2.27. The van der Waals surface area contributed by atoms with Crippen molar-refractivity contribution in [3.05, 3.63) is 24.3 Å². The van der Waals surface area contributed by atoms with Crippen LogP contribution in [-0.4, -0.2) is 61.6 Å². The summed E-state index contributed by atoms with van der Waals surface area (Å²) in [7, 11) is 3.42. The quantitative estimate of drug-likeness (QED) is 0.318. The number of ether oxygens (including phenoxy) is 2. The van der Waals surface area contributed by atoms with E-state index >= 15 is 0 Å². The molecule has 4 rings (SSSR count). The normalized spacial score (nSPS) is 11.9. The van der Waals surface area contributed by atoms with E-state index in [4.69, 9.17) is 20.3 Å². The number of methoxy groups -OCH3 is 2. The summed E-state index contributed by atoms with van der Waals surface area (Å²) in [6.45, 7) is 9.43. The van der Waals surface area contributed by atoms with Gasteiger partial charge in [0.25, 0.3) is 0 Å². The molecule has 32 heavy (non-hydrogen) atoms. The van der Waals surface area contributed by atoms with Gasteiger partial charge in [0.15, 0.2) is 0 Å². The van der Waals surface area contributed by atoms with E-state index in [0.717, 1.165) is 65.5 Å². The number of rotatable bonds is 10. The molecule has 1 aliphatic heterocycles. The molecular weight excluding hydrogens is 490 g/mol. The minimum absolute atomic E-state index is 0. The van der Waals surface area contributed by atoms with Crippen molar-refractivity contribution < 1.29 is 9.47 Å². The fraction of sp³-hybridized carbons (Fsp3) is 0.435. The highest BCUT2D eigenvalue weighted by Crippen LogP contribution is 2.53. The Morgan fingerprint density at radius 3 is 2.59 bits per heavy atom. The van der Waals surface area contributed by atoms with E-state index in [2.05, 4.69) is 46.9 Å². The summed E-state index contributed by atoms with van der Waals surface area (Å²) >= 11 is 1.76. The molecule has 0 saturated heterocycles. The second-order valence-corrected chi connectivity index (χ2v) is 8.51. The lowest BCUT2D eigenvalue weighted by molar-refractivity contribution is 0.286. The molecule has 3 N–H and O–H groups in total. The van der Waals surface area contributed by atoms with Gasteiger partial charge >= 0.3 is 0 Å². The Labute approximate surface area is 204 Å². The van der Waals surface area contributed by atoms with Crippen molar-refractivity contribution in [3.8, 4) is 22.8 Å². The molecule has 0 fully saturated rings. The second-order valence-electron chi connectivity index (χ2n) is 7.46. The van der Waals surface area contributed by atoms with E-state index in [0.29, 0.717) is 13.1 Å². The lowest BCUT2D eigenvalue weighted by Gasteiger charge is -2.21. The van der Waals surface area contributed by atoms with Crippen LogP contribution in [0.25, 0.3) is 22.2 Å². The maximum Gasteiger partial charge on any atom is 0.146 e. The van der Waals surface area contributed by atoms with E-state index in [-0.39, 0.29) is 17.0 Å². The zero-order valence-electron chi connectivity index (χ0n) is 19.1. The van der Waals surface area contributed by atoms with Gasteiger partial charge in [-0.15, -0.1) is 17.0 Å². The van der Waals surface area contributed by atoms with Crippen LogP contribution in [-0.2, 0) is 6.54 Å². The number of hydrogen-bond acceptors (Lipinski definition) is 7. The summed E-state index contributed by atoms with van der Waals surface area (Å²) in [6, 6.07) is 8.27. The van der Waals surface area contributed by atoms with E-state index in [1.54, 1.807) is 26.0 Å². The first-order valence-electron chi connectivity index (χ1n) is 10.8. The lowest BCUT2D eigenvalue weighted by atomic mass is 10.1. The van der Waals surface area contributed by atoms with Crippen molar-refractivity contribution in [2.75, 3.05) is 52.3 Å². The van der Waals surface area contributed by atoms with E-state index < -0.39 is 0 Å². The van der Waals surface area contributed by atoms with Crippen molar-refractivity contribution in [3.63, 3.8) is 0 Å². The number of likely N-dealkylation sites (N-methyl/N-ethyl adjacent to an activating group) is 1. The second kappa shape index (κ2) is 10.8. The van der Waals surface area contributed by atoms with Crippen LogP contribution in [0.3, 0.4) is 0 Å². The largest absolute Gasteiger partial charge is 0.497 e. The van der Waals surface area contributed by atoms with Crippen LogP contribution < -0.4 is 20.5 Å². The molecule has 0 unspecified atom stereocenters. The number of nitrogens with two attached hydrogens (primary N) is 1. The van der Waals surface area contributed by atoms with Crippen LogP contribution in [0.5, 0.6) is 11.5 Å². The zero-order chi connectivity index (χ0) is 22.0. The first kappa shape index (κ1) is 24.7. The molecule has 0 bridgehead atoms. The standard InChI is InChI=1S/C23H31N5O2S.BrH/c1-5-27(6-2)11-12-28-22-18(30-4)14-17(25-10-9-24)23-20(22)21(26-28)16-13-15(29-3)7-8-19(16)31-23;/h7-8,13-14,25H,5-6,9-12,24H2,1-4H3;1H. The average molecular weight is 523 g/mol. The van der Waals surface area contributed by atoms with E-state index in [1.165, 1.54) is 9.79 Å². The third-order valence-corrected chi connectivity index (χ3v) is 6.99. The smallest absolute Gasteiger partial charge is 0.146 e. The Bertz CT molecular complexity index is 1080. The molecule has 2 aromatic carbocycles. The topological polar surface area (TPSA) is 77.6 Å². The van der Waals surface area contributed by atoms with Gasteiger partial charge in [0.1, 0.15) is 22.7 Å². The molecule has 0 amide bonds. The third-order valence-electron chi connectivity index (χ3n) is 5.79. The molecule has 1 aromatic heterocycles. The highest BCUT2D eigenvalue weighted by atomic mass is 79.9. The fourth-order valence-corrected chi connectivity index (χ4v) is 5.23. The molecule has 0 spiro atoms. The molecule has 0 saturated carbocycles. The molecule has 3 aromatic rings. The van der Waals surface area contributed by atoms with Gasteiger partial charge in [0, 0.05) is 46.4 Å². The third kappa shape index (κ3) is 4.44. The summed E-state index contributed by atoms with van der Waals surface area (Å²) in [4.78, 5) is 4.75. The van der Waals surface area contributed by atoms with Crippen LogP contribution in [0, 0.1) is 0 Å². The Balaban J connectivity index is 0.00000289. The molecule has 174 valence electrons. The predicted molar refractivity (Wildman–Crippen MR) is 138 cm³/mol. The Morgan fingerprint density at radius 1 is 1.16 bits per heavy atom. The Hall–Kier alpha value is -1.94. The summed E-state index contributed by atoms with van der Waals surface area (Å²) in [5, 5.41) is 9.70. The van der Waals surface area contributed by atoms with Crippen molar-refractivity contribution in [1.29, 1.82) is 0 Å². The maximum atomic E-state index is 5.84. The van der Waals surface area contributed by atoms with Crippen molar-refractivity contribution >= 4 is 45.3 Å². The SMILES string of the molecule is Br.CCN(CC)CCn1nc2c3c(c(NCCN)cc(OC)c31)Sc1ccc(OC)cc1-2. The molecule has 1 aliphatic rings. The molecule has 0 atom stereocenters. The zero-order valence-corrected chi connectivity index (χ0v) is 21.6. The predicted octanol–water partition coefficient (Wildman–Crippen LogP) is 4.48. The van der Waals surface area contributed by atoms with Gasteiger partial charge in [-0.2, -0.15) is 5.10 Å². The number of aromatic nitrogens is 2. The van der Waals surface area contributed by atoms with Crippen LogP contribution in [0.15, 0.2) is 34.1 Å². The number of nitrogens with one attached hydrogen (secondary N) is 1. The van der Waals surface area contributed by atoms with Crippen LogP contribution >= 0.6 is 28.7 Å². The van der Waals surface area contributed by atoms with E-state index in [1.807, 2.05) is 6.07 Å². The van der Waals surface area contributed by atoms with Gasteiger partial charge in [-0.1, -0.05) is 25.6 Å². The number of halogens is 1. The van der Waals surface area contributed by atoms with Gasteiger partial charge in [-0.05, 0) is 31.3 Å². The molecular formula is C23H32BrN5O2S. The summed E-state index contributed by atoms with van der Waals surface area (Å²) in [5.41, 5.74) is 9.92. The van der Waals surface area contributed by atoms with Gasteiger partial charge in [-0.3, -0.25) is 4.68 Å². The molecule has 0 aliphatic carbocycles. The van der Waals surface area contributed by atoms with E-state index in [9.17, 15) is 0 Å². The number of fused-ring (bicyclic) bond motifs is 2. The van der Waals surface area contributed by atoms with Crippen LogP contribution in [0.1, 0.15) is 13.8 Å². The number of anilines is 1. The molecule has 0 radical (unpaired) electrons. The number of benzene rings is 2. The highest BCUT2D eigenvalue weighted by molar-refractivity contribution is 8.93. The van der Waals surface area contributed by atoms with Crippen LogP contribution in [0.2, 0.25) is 0 Å². The number of hydrogen-bond donors (Lipinski definition) is 2. The van der Waals surface area contributed by atoms with Gasteiger partial charge in [0.05, 0.1) is 26.5 Å². The summed E-state index contributed by atoms with van der Waals surface area (Å²) in [5.74, 6) is 1.65. The monoisotopic (exact) mass is 521 g/mol. The fourth-order valence-electron chi connectivity index (χ4n) is 4.07. The van der Waals surface area contributed by atoms with Gasteiger partial charge in [0.2, 0.25) is 0 Å². The molecule has 9 heteroatoms. The Kier molecular flexibility index (Phi) is 8.32. The highest BCUT2D eigenvalue weighted by Gasteiger charge is 2.29. The number of nitrogens with zero attached hydrogens (tertiary/aromatic N) is 3. The average Bonchev–Trinajstić information content (AvgIpc) is 3.19. The molecule has 7 nitrogen and oxygen atoms in total. The minimum atomic E-state index is 0. The Morgan fingerprint density at radius 2 is 1.94 bits per heavy atom.